The van der Waals surface area contributed by atoms with Crippen LogP contribution in [0.25, 0.3) is 16.9 Å². The Morgan fingerprint density at radius 1 is 0.860 bits per heavy atom. The van der Waals surface area contributed by atoms with E-state index in [9.17, 15) is 4.79 Å². The van der Waals surface area contributed by atoms with Gasteiger partial charge in [0, 0.05) is 17.3 Å². The Bertz CT molecular complexity index is 1620. The maximum Gasteiger partial charge on any atom is 0.280 e. The molecule has 0 saturated heterocycles. The van der Waals surface area contributed by atoms with Crippen molar-refractivity contribution in [2.24, 2.45) is 5.10 Å². The van der Waals surface area contributed by atoms with Crippen molar-refractivity contribution in [2.45, 2.75) is 33.0 Å². The highest BCUT2D eigenvalue weighted by Gasteiger charge is 2.15. The van der Waals surface area contributed by atoms with Crippen LogP contribution in [0.5, 0.6) is 17.2 Å². The van der Waals surface area contributed by atoms with Crippen molar-refractivity contribution >= 4 is 12.1 Å². The van der Waals surface area contributed by atoms with Crippen LogP contribution in [0, 0.1) is 0 Å². The van der Waals surface area contributed by atoms with Gasteiger partial charge in [0.05, 0.1) is 18.5 Å². The summed E-state index contributed by atoms with van der Waals surface area (Å²) < 4.78 is 19.2. The average molecular weight is 575 g/mol. The van der Waals surface area contributed by atoms with Gasteiger partial charge < -0.3 is 14.2 Å². The lowest BCUT2D eigenvalue weighted by Crippen LogP contribution is -2.33. The molecule has 0 fully saturated rings. The van der Waals surface area contributed by atoms with E-state index >= 15 is 0 Å². The smallest absolute Gasteiger partial charge is 0.280 e. The number of amides is 1. The van der Waals surface area contributed by atoms with Crippen molar-refractivity contribution in [2.75, 3.05) is 6.61 Å². The molecular weight excluding hydrogens is 540 g/mol. The van der Waals surface area contributed by atoms with Crippen LogP contribution in [-0.4, -0.2) is 34.6 Å². The van der Waals surface area contributed by atoms with Crippen molar-refractivity contribution in [1.29, 1.82) is 0 Å². The molecule has 5 aromatic rings. The van der Waals surface area contributed by atoms with Crippen LogP contribution in [-0.2, 0) is 11.4 Å². The summed E-state index contributed by atoms with van der Waals surface area (Å²) in [5.74, 6) is 1.69. The van der Waals surface area contributed by atoms with Crippen LogP contribution in [0.3, 0.4) is 0 Å². The predicted octanol–water partition coefficient (Wildman–Crippen LogP) is 6.82. The fourth-order valence-corrected chi connectivity index (χ4v) is 4.22. The molecule has 4 aromatic carbocycles. The van der Waals surface area contributed by atoms with Gasteiger partial charge >= 0.3 is 0 Å². The lowest BCUT2D eigenvalue weighted by molar-refractivity contribution is -0.127. The minimum Gasteiger partial charge on any atom is -0.494 e. The number of benzene rings is 4. The third kappa shape index (κ3) is 8.10. The summed E-state index contributed by atoms with van der Waals surface area (Å²) in [6, 6.07) is 34.7. The second kappa shape index (κ2) is 14.5. The summed E-state index contributed by atoms with van der Waals surface area (Å²) in [6.07, 6.45) is 3.64. The number of nitrogens with one attached hydrogen (secondary N) is 1. The Hall–Kier alpha value is -5.37. The minimum absolute atomic E-state index is 0.380. The molecular formula is C35H34N4O4. The number of rotatable bonds is 13. The van der Waals surface area contributed by atoms with E-state index in [1.165, 1.54) is 0 Å². The Labute approximate surface area is 251 Å². The Balaban J connectivity index is 1.22. The predicted molar refractivity (Wildman–Crippen MR) is 168 cm³/mol. The van der Waals surface area contributed by atoms with Crippen molar-refractivity contribution in [3.05, 3.63) is 127 Å². The zero-order valence-corrected chi connectivity index (χ0v) is 24.2. The summed E-state index contributed by atoms with van der Waals surface area (Å²) in [6.45, 7) is 4.88. The van der Waals surface area contributed by atoms with E-state index in [4.69, 9.17) is 19.3 Å². The van der Waals surface area contributed by atoms with E-state index < -0.39 is 6.10 Å². The number of hydrogen-bond donors (Lipinski definition) is 1. The van der Waals surface area contributed by atoms with Crippen molar-refractivity contribution in [1.82, 2.24) is 15.2 Å². The summed E-state index contributed by atoms with van der Waals surface area (Å²) in [7, 11) is 0. The van der Waals surface area contributed by atoms with Crippen molar-refractivity contribution in [3.8, 4) is 34.2 Å². The van der Waals surface area contributed by atoms with Crippen LogP contribution in [0.15, 0.2) is 120 Å². The first-order valence-electron chi connectivity index (χ1n) is 14.2. The van der Waals surface area contributed by atoms with Crippen LogP contribution >= 0.6 is 0 Å². The van der Waals surface area contributed by atoms with Gasteiger partial charge in [-0.15, -0.1) is 0 Å². The molecule has 8 heteroatoms. The van der Waals surface area contributed by atoms with Gasteiger partial charge in [0.2, 0.25) is 0 Å². The number of para-hydroxylation sites is 1. The number of carbonyl (C=O) groups is 1. The van der Waals surface area contributed by atoms with Gasteiger partial charge in [-0.05, 0) is 79.6 Å². The maximum atomic E-state index is 12.8. The van der Waals surface area contributed by atoms with Gasteiger partial charge in [0.15, 0.2) is 6.10 Å². The second-order valence-corrected chi connectivity index (χ2v) is 9.83. The molecule has 8 nitrogen and oxygen atoms in total. The molecule has 1 heterocycles. The average Bonchev–Trinajstić information content (AvgIpc) is 3.48. The standard InChI is InChI=1S/C35H34N4O4/c1-3-22-41-31-16-14-28(15-17-31)34-29(24-39(38-34)30-12-8-5-9-13-30)23-36-37-35(40)26(2)43-33-20-18-32(19-21-33)42-25-27-10-6-4-7-11-27/h4-21,23-24,26H,3,22,25H2,1-2H3,(H,37,40)/b36-23-/t26-/m1/s1. The van der Waals surface area contributed by atoms with Gasteiger partial charge in [-0.3, -0.25) is 4.79 Å². The molecule has 0 aliphatic rings. The Morgan fingerprint density at radius 2 is 1.49 bits per heavy atom. The largest absolute Gasteiger partial charge is 0.494 e. The monoisotopic (exact) mass is 574 g/mol. The van der Waals surface area contributed by atoms with E-state index in [0.29, 0.717) is 24.7 Å². The normalized spacial score (nSPS) is 11.7. The van der Waals surface area contributed by atoms with Crippen LogP contribution in [0.1, 0.15) is 31.4 Å². The third-order valence-electron chi connectivity index (χ3n) is 6.50. The highest BCUT2D eigenvalue weighted by Crippen LogP contribution is 2.25. The van der Waals surface area contributed by atoms with Crippen LogP contribution in [0.4, 0.5) is 0 Å². The molecule has 0 radical (unpaired) electrons. The van der Waals surface area contributed by atoms with E-state index in [2.05, 4.69) is 17.5 Å². The van der Waals surface area contributed by atoms with Crippen molar-refractivity contribution < 1.29 is 19.0 Å². The molecule has 1 aromatic heterocycles. The molecule has 218 valence electrons. The molecule has 0 aliphatic heterocycles. The van der Waals surface area contributed by atoms with Crippen LogP contribution in [0.2, 0.25) is 0 Å². The minimum atomic E-state index is -0.768. The quantitative estimate of drug-likeness (QED) is 0.123. The SMILES string of the molecule is CCCOc1ccc(-c2nn(-c3ccccc3)cc2/C=N\NC(=O)[C@@H](C)Oc2ccc(OCc3ccccc3)cc2)cc1. The molecule has 43 heavy (non-hydrogen) atoms. The fraction of sp³-hybridized carbons (Fsp3) is 0.171. The second-order valence-electron chi connectivity index (χ2n) is 9.83. The molecule has 0 aliphatic carbocycles. The van der Waals surface area contributed by atoms with E-state index in [1.54, 1.807) is 30.0 Å². The van der Waals surface area contributed by atoms with Gasteiger partial charge in [0.1, 0.15) is 29.5 Å². The molecule has 0 bridgehead atoms. The molecule has 0 saturated carbocycles. The van der Waals surface area contributed by atoms with Crippen molar-refractivity contribution in [3.63, 3.8) is 0 Å². The number of ether oxygens (including phenoxy) is 3. The zero-order chi connectivity index (χ0) is 29.9. The first-order chi connectivity index (χ1) is 21.1. The number of carbonyl (C=O) groups excluding carboxylic acids is 1. The molecule has 1 amide bonds. The first kappa shape index (κ1) is 29.1. The molecule has 1 atom stereocenters. The van der Waals surface area contributed by atoms with Gasteiger partial charge in [-0.1, -0.05) is 55.5 Å². The molecule has 0 unspecified atom stereocenters. The molecule has 1 N–H and O–H groups in total. The number of hydrogen-bond acceptors (Lipinski definition) is 6. The highest BCUT2D eigenvalue weighted by atomic mass is 16.5. The van der Waals surface area contributed by atoms with E-state index in [1.807, 2.05) is 103 Å². The topological polar surface area (TPSA) is 87.0 Å². The van der Waals surface area contributed by atoms with Gasteiger partial charge in [0.25, 0.3) is 5.91 Å². The summed E-state index contributed by atoms with van der Waals surface area (Å²) in [5, 5.41) is 9.03. The highest BCUT2D eigenvalue weighted by molar-refractivity contribution is 5.90. The molecule has 0 spiro atoms. The number of hydrazone groups is 1. The lowest BCUT2D eigenvalue weighted by Gasteiger charge is -2.13. The Morgan fingerprint density at radius 3 is 2.19 bits per heavy atom. The third-order valence-corrected chi connectivity index (χ3v) is 6.50. The summed E-state index contributed by atoms with van der Waals surface area (Å²) in [4.78, 5) is 12.8. The number of aromatic nitrogens is 2. The van der Waals surface area contributed by atoms with Gasteiger partial charge in [-0.2, -0.15) is 10.2 Å². The van der Waals surface area contributed by atoms with E-state index in [0.717, 1.165) is 40.2 Å². The first-order valence-corrected chi connectivity index (χ1v) is 14.2. The summed E-state index contributed by atoms with van der Waals surface area (Å²) >= 11 is 0. The van der Waals surface area contributed by atoms with Crippen LogP contribution < -0.4 is 19.6 Å². The molecule has 5 rings (SSSR count). The lowest BCUT2D eigenvalue weighted by atomic mass is 10.1. The van der Waals surface area contributed by atoms with Gasteiger partial charge in [-0.25, -0.2) is 10.1 Å². The van der Waals surface area contributed by atoms with E-state index in [-0.39, 0.29) is 5.91 Å². The summed E-state index contributed by atoms with van der Waals surface area (Å²) in [5.41, 5.74) is 6.95. The maximum absolute atomic E-state index is 12.8. The fourth-order valence-electron chi connectivity index (χ4n) is 4.22. The number of nitrogens with zero attached hydrogens (tertiary/aromatic N) is 3. The Kier molecular flexibility index (Phi) is 9.82. The zero-order valence-electron chi connectivity index (χ0n) is 24.2.